The molecule has 25 heavy (non-hydrogen) atoms. The summed E-state index contributed by atoms with van der Waals surface area (Å²) in [6.07, 6.45) is 6.74. The smallest absolute Gasteiger partial charge is 0.274 e. The topological polar surface area (TPSA) is 64.1 Å². The van der Waals surface area contributed by atoms with E-state index in [2.05, 4.69) is 29.1 Å². The van der Waals surface area contributed by atoms with Crippen LogP contribution in [0.1, 0.15) is 60.2 Å². The number of nitrogens with zero attached hydrogens (tertiary/aromatic N) is 2. The first-order valence-electron chi connectivity index (χ1n) is 8.82. The fraction of sp³-hybridized carbons (Fsp3) is 0.526. The van der Waals surface area contributed by atoms with Crippen LogP contribution in [0.3, 0.4) is 0 Å². The SMILES string of the molecule is Cc1cnc(C(=O)N[C@@H](CC(C)C)c2nccs2)c(OCC2CC2)c1. The summed E-state index contributed by atoms with van der Waals surface area (Å²) >= 11 is 1.56. The lowest BCUT2D eigenvalue weighted by atomic mass is 10.0. The highest BCUT2D eigenvalue weighted by atomic mass is 32.1. The van der Waals surface area contributed by atoms with Crippen LogP contribution < -0.4 is 10.1 Å². The summed E-state index contributed by atoms with van der Waals surface area (Å²) in [5.74, 6) is 1.45. The maximum Gasteiger partial charge on any atom is 0.274 e. The van der Waals surface area contributed by atoms with Gasteiger partial charge in [-0.25, -0.2) is 9.97 Å². The number of thiazole rings is 1. The van der Waals surface area contributed by atoms with Crippen molar-refractivity contribution in [1.29, 1.82) is 0 Å². The molecule has 3 rings (SSSR count). The summed E-state index contributed by atoms with van der Waals surface area (Å²) in [4.78, 5) is 21.6. The van der Waals surface area contributed by atoms with E-state index in [0.717, 1.165) is 17.0 Å². The van der Waals surface area contributed by atoms with E-state index in [1.807, 2.05) is 18.4 Å². The largest absolute Gasteiger partial charge is 0.491 e. The summed E-state index contributed by atoms with van der Waals surface area (Å²) < 4.78 is 5.88. The molecule has 134 valence electrons. The van der Waals surface area contributed by atoms with Crippen LogP contribution in [0.2, 0.25) is 0 Å². The second kappa shape index (κ2) is 7.95. The van der Waals surface area contributed by atoms with Gasteiger partial charge in [-0.1, -0.05) is 13.8 Å². The lowest BCUT2D eigenvalue weighted by Gasteiger charge is -2.19. The first-order valence-corrected chi connectivity index (χ1v) is 9.70. The first kappa shape index (κ1) is 17.9. The number of nitrogens with one attached hydrogen (secondary N) is 1. The molecule has 1 amide bonds. The molecule has 0 spiro atoms. The molecule has 0 unspecified atom stereocenters. The Balaban J connectivity index is 1.76. The van der Waals surface area contributed by atoms with Gasteiger partial charge in [-0.15, -0.1) is 11.3 Å². The zero-order valence-corrected chi connectivity index (χ0v) is 15.8. The minimum atomic E-state index is -0.202. The number of hydrogen-bond acceptors (Lipinski definition) is 5. The van der Waals surface area contributed by atoms with Crippen molar-refractivity contribution in [1.82, 2.24) is 15.3 Å². The van der Waals surface area contributed by atoms with Gasteiger partial charge in [0, 0.05) is 17.8 Å². The molecule has 5 nitrogen and oxygen atoms in total. The number of aromatic nitrogens is 2. The molecule has 1 N–H and O–H groups in total. The van der Waals surface area contributed by atoms with E-state index in [1.165, 1.54) is 12.8 Å². The summed E-state index contributed by atoms with van der Waals surface area (Å²) in [6.45, 7) is 6.89. The highest BCUT2D eigenvalue weighted by molar-refractivity contribution is 7.09. The van der Waals surface area contributed by atoms with E-state index >= 15 is 0 Å². The molecule has 6 heteroatoms. The molecule has 1 atom stereocenters. The Labute approximate surface area is 152 Å². The molecule has 1 aliphatic rings. The molecule has 1 aliphatic carbocycles. The fourth-order valence-corrected chi connectivity index (χ4v) is 3.34. The Kier molecular flexibility index (Phi) is 5.68. The van der Waals surface area contributed by atoms with Crippen LogP contribution in [0.15, 0.2) is 23.8 Å². The summed E-state index contributed by atoms with van der Waals surface area (Å²) in [6, 6.07) is 1.79. The Morgan fingerprint density at radius 2 is 2.20 bits per heavy atom. The van der Waals surface area contributed by atoms with Crippen LogP contribution in [0.4, 0.5) is 0 Å². The normalized spacial score (nSPS) is 15.2. The molecular weight excluding hydrogens is 334 g/mol. The van der Waals surface area contributed by atoms with Crippen molar-refractivity contribution in [3.63, 3.8) is 0 Å². The molecular formula is C19H25N3O2S. The van der Waals surface area contributed by atoms with Crippen LogP contribution in [0.25, 0.3) is 0 Å². The molecule has 1 saturated carbocycles. The molecule has 0 aromatic carbocycles. The molecule has 0 saturated heterocycles. The lowest BCUT2D eigenvalue weighted by Crippen LogP contribution is -2.30. The second-order valence-electron chi connectivity index (χ2n) is 7.14. The minimum absolute atomic E-state index is 0.105. The Morgan fingerprint density at radius 3 is 2.84 bits per heavy atom. The van der Waals surface area contributed by atoms with Gasteiger partial charge in [-0.05, 0) is 49.7 Å². The number of pyridine rings is 1. The van der Waals surface area contributed by atoms with E-state index in [0.29, 0.717) is 29.9 Å². The van der Waals surface area contributed by atoms with Crippen LogP contribution in [-0.2, 0) is 0 Å². The van der Waals surface area contributed by atoms with Gasteiger partial charge in [-0.2, -0.15) is 0 Å². The zero-order chi connectivity index (χ0) is 17.8. The average molecular weight is 359 g/mol. The van der Waals surface area contributed by atoms with Crippen LogP contribution in [0.5, 0.6) is 5.75 Å². The standard InChI is InChI=1S/C19H25N3O2S/c1-12(2)8-15(19-20-6-7-25-19)22-18(23)17-16(9-13(3)10-21-17)24-11-14-4-5-14/h6-7,9-10,12,14-15H,4-5,8,11H2,1-3H3,(H,22,23)/t15-/m0/s1. The maximum absolute atomic E-state index is 12.8. The first-order chi connectivity index (χ1) is 12.0. The van der Waals surface area contributed by atoms with E-state index in [-0.39, 0.29) is 11.9 Å². The summed E-state index contributed by atoms with van der Waals surface area (Å²) in [5.41, 5.74) is 1.34. The maximum atomic E-state index is 12.8. The monoisotopic (exact) mass is 359 g/mol. The van der Waals surface area contributed by atoms with Gasteiger partial charge in [-0.3, -0.25) is 4.79 Å². The molecule has 2 aromatic heterocycles. The van der Waals surface area contributed by atoms with Crippen molar-refractivity contribution in [2.75, 3.05) is 6.61 Å². The van der Waals surface area contributed by atoms with Crippen molar-refractivity contribution in [3.05, 3.63) is 40.1 Å². The van der Waals surface area contributed by atoms with Gasteiger partial charge in [0.1, 0.15) is 5.01 Å². The fourth-order valence-electron chi connectivity index (χ4n) is 2.64. The van der Waals surface area contributed by atoms with E-state index < -0.39 is 0 Å². The van der Waals surface area contributed by atoms with Gasteiger partial charge in [0.25, 0.3) is 5.91 Å². The average Bonchev–Trinajstić information content (AvgIpc) is 3.23. The molecule has 1 fully saturated rings. The number of carbonyl (C=O) groups is 1. The van der Waals surface area contributed by atoms with Crippen molar-refractivity contribution in [2.24, 2.45) is 11.8 Å². The van der Waals surface area contributed by atoms with Crippen molar-refractivity contribution < 1.29 is 9.53 Å². The molecule has 2 aromatic rings. The number of rotatable bonds is 8. The number of carbonyl (C=O) groups excluding carboxylic acids is 1. The van der Waals surface area contributed by atoms with E-state index in [4.69, 9.17) is 4.74 Å². The second-order valence-corrected chi connectivity index (χ2v) is 8.07. The minimum Gasteiger partial charge on any atom is -0.491 e. The third-order valence-electron chi connectivity index (χ3n) is 4.14. The van der Waals surface area contributed by atoms with Gasteiger partial charge in [0.05, 0.1) is 12.6 Å². The third-order valence-corrected chi connectivity index (χ3v) is 5.03. The highest BCUT2D eigenvalue weighted by Crippen LogP contribution is 2.30. The zero-order valence-electron chi connectivity index (χ0n) is 15.0. The molecule has 0 bridgehead atoms. The van der Waals surface area contributed by atoms with Crippen LogP contribution >= 0.6 is 11.3 Å². The number of ether oxygens (including phenoxy) is 1. The number of hydrogen-bond donors (Lipinski definition) is 1. The quantitative estimate of drug-likeness (QED) is 0.769. The van der Waals surface area contributed by atoms with E-state index in [1.54, 1.807) is 23.7 Å². The summed E-state index contributed by atoms with van der Waals surface area (Å²) in [5, 5.41) is 5.96. The highest BCUT2D eigenvalue weighted by Gasteiger charge is 2.25. The van der Waals surface area contributed by atoms with Crippen LogP contribution in [0, 0.1) is 18.8 Å². The predicted octanol–water partition coefficient (Wildman–Crippen LogP) is 4.15. The lowest BCUT2D eigenvalue weighted by molar-refractivity contribution is 0.0922. The Bertz CT molecular complexity index is 711. The van der Waals surface area contributed by atoms with Gasteiger partial charge in [0.2, 0.25) is 0 Å². The third kappa shape index (κ3) is 5.01. The summed E-state index contributed by atoms with van der Waals surface area (Å²) in [7, 11) is 0. The van der Waals surface area contributed by atoms with Crippen LogP contribution in [-0.4, -0.2) is 22.5 Å². The van der Waals surface area contributed by atoms with Crippen molar-refractivity contribution in [2.45, 2.75) is 46.1 Å². The molecule has 0 aliphatic heterocycles. The van der Waals surface area contributed by atoms with Gasteiger partial charge < -0.3 is 10.1 Å². The van der Waals surface area contributed by atoms with Gasteiger partial charge >= 0.3 is 0 Å². The molecule has 2 heterocycles. The van der Waals surface area contributed by atoms with Gasteiger partial charge in [0.15, 0.2) is 11.4 Å². The van der Waals surface area contributed by atoms with Crippen molar-refractivity contribution in [3.8, 4) is 5.75 Å². The predicted molar refractivity (Wildman–Crippen MR) is 99.0 cm³/mol. The Hall–Kier alpha value is -1.95. The number of amides is 1. The van der Waals surface area contributed by atoms with Crippen molar-refractivity contribution >= 4 is 17.2 Å². The van der Waals surface area contributed by atoms with E-state index in [9.17, 15) is 4.79 Å². The number of aryl methyl sites for hydroxylation is 1. The Morgan fingerprint density at radius 1 is 1.40 bits per heavy atom. The molecule has 0 radical (unpaired) electrons.